The minimum atomic E-state index is -0.185. The quantitative estimate of drug-likeness (QED) is 0.819. The number of nitrogens with zero attached hydrogens (tertiary/aromatic N) is 1. The third-order valence-corrected chi connectivity index (χ3v) is 7.26. The minimum absolute atomic E-state index is 0.117. The van der Waals surface area contributed by atoms with Crippen molar-refractivity contribution in [2.45, 2.75) is 56.6 Å². The first-order chi connectivity index (χ1) is 13.7. The fourth-order valence-corrected chi connectivity index (χ4v) is 6.02. The molecule has 4 nitrogen and oxygen atoms in total. The summed E-state index contributed by atoms with van der Waals surface area (Å²) < 4.78 is 5.69. The average molecular weight is 377 g/mol. The summed E-state index contributed by atoms with van der Waals surface area (Å²) in [5, 5.41) is 10.1. The molecule has 2 aromatic carbocycles. The Labute approximate surface area is 166 Å². The lowest BCUT2D eigenvalue weighted by Gasteiger charge is -2.58. The van der Waals surface area contributed by atoms with Gasteiger partial charge in [0.05, 0.1) is 0 Å². The summed E-state index contributed by atoms with van der Waals surface area (Å²) in [6.07, 6.45) is 6.42. The zero-order chi connectivity index (χ0) is 19.1. The average Bonchev–Trinajstić information content (AvgIpc) is 2.73. The normalized spacial score (nSPS) is 28.2. The van der Waals surface area contributed by atoms with Crippen molar-refractivity contribution in [2.75, 3.05) is 6.54 Å². The predicted molar refractivity (Wildman–Crippen MR) is 107 cm³/mol. The lowest BCUT2D eigenvalue weighted by molar-refractivity contribution is -0.0137. The molecule has 28 heavy (non-hydrogen) atoms. The molecule has 1 saturated heterocycles. The van der Waals surface area contributed by atoms with Crippen LogP contribution in [-0.2, 0) is 23.2 Å². The lowest BCUT2D eigenvalue weighted by Crippen LogP contribution is -2.62. The molecule has 1 aliphatic heterocycles. The molecular formula is C24H27NO3. The number of piperidine rings is 1. The van der Waals surface area contributed by atoms with Gasteiger partial charge in [-0.25, -0.2) is 4.79 Å². The van der Waals surface area contributed by atoms with Gasteiger partial charge < -0.3 is 14.7 Å². The maximum Gasteiger partial charge on any atom is 0.410 e. The van der Waals surface area contributed by atoms with Crippen molar-refractivity contribution in [2.24, 2.45) is 5.92 Å². The lowest BCUT2D eigenvalue weighted by atomic mass is 9.52. The van der Waals surface area contributed by atoms with E-state index < -0.39 is 0 Å². The number of hydrogen-bond acceptors (Lipinski definition) is 3. The summed E-state index contributed by atoms with van der Waals surface area (Å²) in [7, 11) is 0. The zero-order valence-electron chi connectivity index (χ0n) is 16.1. The fourth-order valence-electron chi connectivity index (χ4n) is 6.02. The summed E-state index contributed by atoms with van der Waals surface area (Å²) in [5.74, 6) is 0.828. The van der Waals surface area contributed by atoms with E-state index in [4.69, 9.17) is 4.74 Å². The van der Waals surface area contributed by atoms with Gasteiger partial charge in [0.25, 0.3) is 0 Å². The van der Waals surface area contributed by atoms with Crippen LogP contribution in [0.2, 0.25) is 0 Å². The van der Waals surface area contributed by atoms with Gasteiger partial charge in [-0.2, -0.15) is 0 Å². The number of likely N-dealkylation sites (tertiary alicyclic amines) is 1. The van der Waals surface area contributed by atoms with Crippen molar-refractivity contribution in [3.05, 3.63) is 65.2 Å². The van der Waals surface area contributed by atoms with Crippen LogP contribution >= 0.6 is 0 Å². The van der Waals surface area contributed by atoms with Crippen LogP contribution in [0.15, 0.2) is 48.5 Å². The Kier molecular flexibility index (Phi) is 4.30. The predicted octanol–water partition coefficient (Wildman–Crippen LogP) is 4.79. The van der Waals surface area contributed by atoms with E-state index in [1.807, 2.05) is 41.3 Å². The number of phenols is 1. The van der Waals surface area contributed by atoms with Crippen molar-refractivity contribution in [3.63, 3.8) is 0 Å². The van der Waals surface area contributed by atoms with E-state index in [2.05, 4.69) is 6.07 Å². The second kappa shape index (κ2) is 6.84. The number of aromatic hydroxyl groups is 1. The molecule has 5 rings (SSSR count). The molecule has 3 atom stereocenters. The maximum absolute atomic E-state index is 13.0. The molecule has 1 saturated carbocycles. The fraction of sp³-hybridized carbons (Fsp3) is 0.458. The number of phenolic OH excluding ortho intramolecular Hbond substituents is 1. The van der Waals surface area contributed by atoms with Crippen LogP contribution in [0.1, 0.15) is 48.8 Å². The molecule has 1 heterocycles. The van der Waals surface area contributed by atoms with Crippen LogP contribution in [-0.4, -0.2) is 28.7 Å². The van der Waals surface area contributed by atoms with Crippen LogP contribution in [0.4, 0.5) is 4.79 Å². The number of rotatable bonds is 2. The number of hydrogen-bond donors (Lipinski definition) is 1. The Morgan fingerprint density at radius 1 is 1.14 bits per heavy atom. The molecule has 1 amide bonds. The van der Waals surface area contributed by atoms with E-state index in [9.17, 15) is 9.90 Å². The number of ether oxygens (including phenoxy) is 1. The Balaban J connectivity index is 1.42. The number of benzene rings is 2. The van der Waals surface area contributed by atoms with Gasteiger partial charge in [-0.1, -0.05) is 49.2 Å². The first-order valence-electron chi connectivity index (χ1n) is 10.5. The number of carbonyl (C=O) groups excluding carboxylic acids is 1. The van der Waals surface area contributed by atoms with Crippen LogP contribution < -0.4 is 0 Å². The number of carbonyl (C=O) groups is 1. The highest BCUT2D eigenvalue weighted by atomic mass is 16.6. The Hall–Kier alpha value is -2.49. The van der Waals surface area contributed by atoms with Gasteiger partial charge in [0.1, 0.15) is 12.4 Å². The van der Waals surface area contributed by atoms with Gasteiger partial charge >= 0.3 is 6.09 Å². The van der Waals surface area contributed by atoms with E-state index >= 15 is 0 Å². The smallest absolute Gasteiger partial charge is 0.410 e. The van der Waals surface area contributed by atoms with Crippen LogP contribution in [0.3, 0.4) is 0 Å². The summed E-state index contributed by atoms with van der Waals surface area (Å²) in [5.41, 5.74) is 3.77. The Morgan fingerprint density at radius 2 is 2.00 bits per heavy atom. The molecule has 0 radical (unpaired) electrons. The third-order valence-electron chi connectivity index (χ3n) is 7.26. The highest BCUT2D eigenvalue weighted by molar-refractivity contribution is 5.69. The second-order valence-electron chi connectivity index (χ2n) is 8.60. The summed E-state index contributed by atoms with van der Waals surface area (Å²) >= 11 is 0. The van der Waals surface area contributed by atoms with Gasteiger partial charge in [0.2, 0.25) is 0 Å². The third kappa shape index (κ3) is 2.78. The van der Waals surface area contributed by atoms with Crippen molar-refractivity contribution < 1.29 is 14.6 Å². The molecule has 0 spiro atoms. The molecule has 2 aliphatic carbocycles. The number of amides is 1. The maximum atomic E-state index is 13.0. The summed E-state index contributed by atoms with van der Waals surface area (Å²) in [4.78, 5) is 15.0. The highest BCUT2D eigenvalue weighted by Crippen LogP contribution is 2.56. The molecule has 2 aromatic rings. The van der Waals surface area contributed by atoms with E-state index in [0.717, 1.165) is 37.8 Å². The largest absolute Gasteiger partial charge is 0.508 e. The van der Waals surface area contributed by atoms with Crippen molar-refractivity contribution in [3.8, 4) is 5.75 Å². The van der Waals surface area contributed by atoms with Gasteiger partial charge in [-0.15, -0.1) is 0 Å². The first-order valence-corrected chi connectivity index (χ1v) is 10.5. The van der Waals surface area contributed by atoms with Gasteiger partial charge in [-0.3, -0.25) is 0 Å². The van der Waals surface area contributed by atoms with Crippen LogP contribution in [0.5, 0.6) is 5.75 Å². The molecular weight excluding hydrogens is 350 g/mol. The molecule has 1 N–H and O–H groups in total. The van der Waals surface area contributed by atoms with Gasteiger partial charge in [-0.05, 0) is 60.4 Å². The number of fused-ring (bicyclic) bond motifs is 1. The molecule has 0 unspecified atom stereocenters. The van der Waals surface area contributed by atoms with Crippen LogP contribution in [0, 0.1) is 5.92 Å². The van der Waals surface area contributed by atoms with Crippen molar-refractivity contribution in [1.29, 1.82) is 0 Å². The SMILES string of the molecule is O=C(OCc1ccccc1)N1CC[C@@]23CCCC[C@H]2[C@@H]1Cc1ccc(O)cc13. The molecule has 2 fully saturated rings. The molecule has 146 valence electrons. The molecule has 3 aliphatic rings. The monoisotopic (exact) mass is 377 g/mol. The second-order valence-corrected chi connectivity index (χ2v) is 8.60. The summed E-state index contributed by atoms with van der Waals surface area (Å²) in [6, 6.07) is 15.9. The topological polar surface area (TPSA) is 49.8 Å². The molecule has 0 aromatic heterocycles. The van der Waals surface area contributed by atoms with Gasteiger partial charge in [0.15, 0.2) is 0 Å². The van der Waals surface area contributed by atoms with Crippen molar-refractivity contribution in [1.82, 2.24) is 4.90 Å². The first kappa shape index (κ1) is 17.6. The van der Waals surface area contributed by atoms with E-state index in [-0.39, 0.29) is 17.6 Å². The zero-order valence-corrected chi connectivity index (χ0v) is 16.1. The standard InChI is InChI=1S/C24H27NO3/c26-19-10-9-18-14-22-20-8-4-5-11-24(20,21(18)15-19)12-13-25(22)23(27)28-16-17-6-2-1-3-7-17/h1-3,6-7,9-10,15,20,22,26H,4-5,8,11-14,16H2/t20-,22-,24-/m0/s1. The molecule has 4 heteroatoms. The van der Waals surface area contributed by atoms with Crippen LogP contribution in [0.25, 0.3) is 0 Å². The highest BCUT2D eigenvalue weighted by Gasteiger charge is 2.55. The molecule has 2 bridgehead atoms. The van der Waals surface area contributed by atoms with E-state index in [1.54, 1.807) is 6.07 Å². The van der Waals surface area contributed by atoms with Crippen molar-refractivity contribution >= 4 is 6.09 Å². The van der Waals surface area contributed by atoms with E-state index in [1.165, 1.54) is 24.0 Å². The van der Waals surface area contributed by atoms with E-state index in [0.29, 0.717) is 18.3 Å². The summed E-state index contributed by atoms with van der Waals surface area (Å²) in [6.45, 7) is 1.06. The Bertz CT molecular complexity index is 881. The Morgan fingerprint density at radius 3 is 2.86 bits per heavy atom. The van der Waals surface area contributed by atoms with Gasteiger partial charge in [0, 0.05) is 18.0 Å². The minimum Gasteiger partial charge on any atom is -0.508 e.